The lowest BCUT2D eigenvalue weighted by Gasteiger charge is -2.16. The molecule has 1 aliphatic heterocycles. The number of halogens is 2. The average molecular weight is 465 g/mol. The van der Waals surface area contributed by atoms with E-state index in [-0.39, 0.29) is 11.3 Å². The van der Waals surface area contributed by atoms with Crippen LogP contribution in [-0.4, -0.2) is 11.8 Å². The van der Waals surface area contributed by atoms with Crippen LogP contribution in [0, 0.1) is 5.82 Å². The van der Waals surface area contributed by atoms with Crippen molar-refractivity contribution in [1.82, 2.24) is 0 Å². The van der Waals surface area contributed by atoms with Gasteiger partial charge >= 0.3 is 0 Å². The van der Waals surface area contributed by atoms with Gasteiger partial charge in [-0.2, -0.15) is 0 Å². The van der Waals surface area contributed by atoms with Crippen molar-refractivity contribution in [3.63, 3.8) is 0 Å². The summed E-state index contributed by atoms with van der Waals surface area (Å²) in [6.07, 6.45) is 0.858. The van der Waals surface area contributed by atoms with Gasteiger partial charge in [0.25, 0.3) is 11.8 Å². The van der Waals surface area contributed by atoms with Gasteiger partial charge < -0.3 is 5.32 Å². The molecule has 3 aromatic rings. The van der Waals surface area contributed by atoms with E-state index in [4.69, 9.17) is 0 Å². The van der Waals surface area contributed by atoms with E-state index in [1.807, 2.05) is 37.3 Å². The molecule has 1 heterocycles. The Morgan fingerprint density at radius 3 is 2.27 bits per heavy atom. The number of hydrogen-bond donors (Lipinski definition) is 1. The van der Waals surface area contributed by atoms with Gasteiger partial charge in [-0.25, -0.2) is 9.29 Å². The van der Waals surface area contributed by atoms with Crippen molar-refractivity contribution in [1.29, 1.82) is 0 Å². The normalized spacial score (nSPS) is 13.9. The Kier molecular flexibility index (Phi) is 5.50. The maximum absolute atomic E-state index is 13.4. The number of rotatable bonds is 5. The topological polar surface area (TPSA) is 49.4 Å². The quantitative estimate of drug-likeness (QED) is 0.503. The summed E-state index contributed by atoms with van der Waals surface area (Å²) in [6.45, 7) is 2.04. The Morgan fingerprint density at radius 1 is 0.933 bits per heavy atom. The van der Waals surface area contributed by atoms with Crippen LogP contribution in [0.2, 0.25) is 0 Å². The first kappa shape index (κ1) is 20.0. The van der Waals surface area contributed by atoms with Gasteiger partial charge in [0, 0.05) is 10.2 Å². The van der Waals surface area contributed by atoms with Gasteiger partial charge in [0.1, 0.15) is 11.5 Å². The Hall–Kier alpha value is -3.25. The second-order valence-corrected chi connectivity index (χ2v) is 7.77. The van der Waals surface area contributed by atoms with Crippen LogP contribution >= 0.6 is 15.9 Å². The lowest BCUT2D eigenvalue weighted by atomic mass is 10.0. The van der Waals surface area contributed by atoms with E-state index in [2.05, 4.69) is 21.2 Å². The van der Waals surface area contributed by atoms with Crippen LogP contribution in [0.3, 0.4) is 0 Å². The Morgan fingerprint density at radius 2 is 1.63 bits per heavy atom. The first-order valence-electron chi connectivity index (χ1n) is 9.48. The van der Waals surface area contributed by atoms with Gasteiger partial charge in [-0.1, -0.05) is 53.2 Å². The number of nitrogens with zero attached hydrogens (tertiary/aromatic N) is 1. The van der Waals surface area contributed by atoms with Crippen LogP contribution in [0.25, 0.3) is 5.57 Å². The Labute approximate surface area is 182 Å². The van der Waals surface area contributed by atoms with Crippen LogP contribution < -0.4 is 10.2 Å². The molecule has 6 heteroatoms. The minimum Gasteiger partial charge on any atom is -0.350 e. The Balaban J connectivity index is 1.80. The summed E-state index contributed by atoms with van der Waals surface area (Å²) in [5, 5.41) is 3.09. The molecule has 1 N–H and O–H groups in total. The number of amides is 2. The van der Waals surface area contributed by atoms with Gasteiger partial charge in [-0.15, -0.1) is 0 Å². The molecule has 1 aliphatic rings. The molecule has 4 rings (SSSR count). The molecule has 3 aromatic carbocycles. The molecule has 0 fully saturated rings. The Bertz CT molecular complexity index is 1150. The van der Waals surface area contributed by atoms with Crippen LogP contribution in [0.5, 0.6) is 0 Å². The average Bonchev–Trinajstić information content (AvgIpc) is 2.98. The molecule has 0 unspecified atom stereocenters. The standard InChI is InChI=1S/C24H18BrFN2O2/c1-2-15-6-12-20(13-7-15)28-23(29)21(16-8-10-18(26)11-9-16)22(24(28)30)27-19-5-3-4-17(25)14-19/h3-14,27H,2H2,1H3. The molecule has 150 valence electrons. The van der Waals surface area contributed by atoms with Crippen molar-refractivity contribution >= 4 is 44.7 Å². The van der Waals surface area contributed by atoms with Crippen molar-refractivity contribution in [3.8, 4) is 0 Å². The van der Waals surface area contributed by atoms with Crippen LogP contribution in [0.1, 0.15) is 18.1 Å². The van der Waals surface area contributed by atoms with Crippen LogP contribution in [-0.2, 0) is 16.0 Å². The zero-order valence-electron chi connectivity index (χ0n) is 16.2. The predicted molar refractivity (Wildman–Crippen MR) is 119 cm³/mol. The number of carbonyl (C=O) groups excluding carboxylic acids is 2. The summed E-state index contributed by atoms with van der Waals surface area (Å²) in [5.74, 6) is -1.32. The zero-order valence-corrected chi connectivity index (χ0v) is 17.7. The molecule has 0 bridgehead atoms. The highest BCUT2D eigenvalue weighted by Crippen LogP contribution is 2.34. The van der Waals surface area contributed by atoms with Crippen LogP contribution in [0.15, 0.2) is 83.0 Å². The number of anilines is 2. The lowest BCUT2D eigenvalue weighted by Crippen LogP contribution is -2.32. The van der Waals surface area contributed by atoms with E-state index in [1.54, 1.807) is 18.2 Å². The third kappa shape index (κ3) is 3.78. The molecule has 30 heavy (non-hydrogen) atoms. The van der Waals surface area contributed by atoms with Crippen molar-refractivity contribution in [3.05, 3.63) is 99.9 Å². The largest absolute Gasteiger partial charge is 0.350 e. The molecule has 0 aromatic heterocycles. The summed E-state index contributed by atoms with van der Waals surface area (Å²) in [7, 11) is 0. The molecule has 0 radical (unpaired) electrons. The third-order valence-electron chi connectivity index (χ3n) is 4.91. The summed E-state index contributed by atoms with van der Waals surface area (Å²) < 4.78 is 14.3. The fourth-order valence-electron chi connectivity index (χ4n) is 3.36. The minimum atomic E-state index is -0.455. The highest BCUT2D eigenvalue weighted by Gasteiger charge is 2.40. The molecular weight excluding hydrogens is 447 g/mol. The van der Waals surface area contributed by atoms with E-state index >= 15 is 0 Å². The summed E-state index contributed by atoms with van der Waals surface area (Å²) >= 11 is 3.41. The third-order valence-corrected chi connectivity index (χ3v) is 5.41. The van der Waals surface area contributed by atoms with E-state index < -0.39 is 17.6 Å². The van der Waals surface area contributed by atoms with Crippen molar-refractivity contribution < 1.29 is 14.0 Å². The molecule has 2 amide bonds. The van der Waals surface area contributed by atoms with E-state index in [9.17, 15) is 14.0 Å². The number of imide groups is 1. The van der Waals surface area contributed by atoms with E-state index in [1.165, 1.54) is 24.3 Å². The molecule has 0 saturated carbocycles. The maximum atomic E-state index is 13.4. The van der Waals surface area contributed by atoms with E-state index in [0.29, 0.717) is 16.9 Å². The highest BCUT2D eigenvalue weighted by molar-refractivity contribution is 9.10. The fraction of sp³-hybridized carbons (Fsp3) is 0.0833. The van der Waals surface area contributed by atoms with Crippen molar-refractivity contribution in [2.24, 2.45) is 0 Å². The summed E-state index contributed by atoms with van der Waals surface area (Å²) in [6, 6.07) is 20.2. The summed E-state index contributed by atoms with van der Waals surface area (Å²) in [5.41, 5.74) is 3.09. The second kappa shape index (κ2) is 8.24. The van der Waals surface area contributed by atoms with E-state index in [0.717, 1.165) is 21.4 Å². The zero-order chi connectivity index (χ0) is 21.3. The van der Waals surface area contributed by atoms with Gasteiger partial charge in [0.2, 0.25) is 0 Å². The number of benzene rings is 3. The molecule has 4 nitrogen and oxygen atoms in total. The molecular formula is C24H18BrFN2O2. The fourth-order valence-corrected chi connectivity index (χ4v) is 3.76. The monoisotopic (exact) mass is 464 g/mol. The summed E-state index contributed by atoms with van der Waals surface area (Å²) in [4.78, 5) is 27.8. The maximum Gasteiger partial charge on any atom is 0.282 e. The second-order valence-electron chi connectivity index (χ2n) is 6.86. The van der Waals surface area contributed by atoms with Crippen LogP contribution in [0.4, 0.5) is 15.8 Å². The lowest BCUT2D eigenvalue weighted by molar-refractivity contribution is -0.120. The molecule has 0 aliphatic carbocycles. The first-order valence-corrected chi connectivity index (χ1v) is 10.3. The number of carbonyl (C=O) groups is 2. The highest BCUT2D eigenvalue weighted by atomic mass is 79.9. The van der Waals surface area contributed by atoms with Gasteiger partial charge in [0.05, 0.1) is 11.3 Å². The predicted octanol–water partition coefficient (Wildman–Crippen LogP) is 5.55. The first-order chi connectivity index (χ1) is 14.5. The number of nitrogens with one attached hydrogen (secondary N) is 1. The van der Waals surface area contributed by atoms with Gasteiger partial charge in [-0.05, 0) is 60.0 Å². The van der Waals surface area contributed by atoms with Gasteiger partial charge in [-0.3, -0.25) is 9.59 Å². The SMILES string of the molecule is CCc1ccc(N2C(=O)C(Nc3cccc(Br)c3)=C(c3ccc(F)cc3)C2=O)cc1. The van der Waals surface area contributed by atoms with Gasteiger partial charge in [0.15, 0.2) is 0 Å². The minimum absolute atomic E-state index is 0.157. The smallest absolute Gasteiger partial charge is 0.282 e. The molecule has 0 atom stereocenters. The molecule has 0 spiro atoms. The number of aryl methyl sites for hydroxylation is 1. The number of hydrogen-bond acceptors (Lipinski definition) is 3. The van der Waals surface area contributed by atoms with Crippen molar-refractivity contribution in [2.75, 3.05) is 10.2 Å². The molecule has 0 saturated heterocycles. The van der Waals surface area contributed by atoms with Crippen molar-refractivity contribution in [2.45, 2.75) is 13.3 Å².